The number of anilines is 1. The second-order valence-corrected chi connectivity index (χ2v) is 7.53. The van der Waals surface area contributed by atoms with Crippen molar-refractivity contribution in [3.8, 4) is 0 Å². The van der Waals surface area contributed by atoms with E-state index in [1.165, 1.54) is 0 Å². The molecule has 2 N–H and O–H groups in total. The molecule has 6 heteroatoms. The number of unbranched alkanes of at least 4 members (excludes halogenated alkanes) is 3. The maximum absolute atomic E-state index is 12.0. The number of carbonyl (C=O) groups is 1. The number of ether oxygens (including phenoxy) is 1. The van der Waals surface area contributed by atoms with Crippen LogP contribution in [0.4, 0.5) is 5.82 Å². The Morgan fingerprint density at radius 3 is 2.73 bits per heavy atom. The smallest absolute Gasteiger partial charge is 0.306 e. The van der Waals surface area contributed by atoms with Gasteiger partial charge in [-0.15, -0.1) is 0 Å². The summed E-state index contributed by atoms with van der Waals surface area (Å²) in [6.45, 7) is 2.24. The number of hydrogen-bond acceptors (Lipinski definition) is 6. The Morgan fingerprint density at radius 1 is 1.07 bits per heavy atom. The van der Waals surface area contributed by atoms with E-state index in [2.05, 4.69) is 27.1 Å². The van der Waals surface area contributed by atoms with Crippen molar-refractivity contribution in [2.75, 3.05) is 12.3 Å². The normalized spacial score (nSPS) is 12.0. The summed E-state index contributed by atoms with van der Waals surface area (Å²) < 4.78 is 5.15. The Kier molecular flexibility index (Phi) is 8.12. The maximum Gasteiger partial charge on any atom is 0.306 e. The lowest BCUT2D eigenvalue weighted by Crippen LogP contribution is -2.11. The Morgan fingerprint density at radius 2 is 1.93 bits per heavy atom. The summed E-state index contributed by atoms with van der Waals surface area (Å²) >= 11 is 0. The minimum absolute atomic E-state index is 0.116. The number of hydrogen-bond donors (Lipinski definition) is 1. The quantitative estimate of drug-likeness (QED) is 0.362. The van der Waals surface area contributed by atoms with Crippen molar-refractivity contribution in [1.29, 1.82) is 0 Å². The summed E-state index contributed by atoms with van der Waals surface area (Å²) in [4.78, 5) is 25.1. The van der Waals surface area contributed by atoms with Gasteiger partial charge in [-0.05, 0) is 68.0 Å². The van der Waals surface area contributed by atoms with Gasteiger partial charge < -0.3 is 10.5 Å². The summed E-state index contributed by atoms with van der Waals surface area (Å²) in [7, 11) is 0. The fourth-order valence-electron chi connectivity index (χ4n) is 3.65. The van der Waals surface area contributed by atoms with Crippen molar-refractivity contribution in [1.82, 2.24) is 15.0 Å². The van der Waals surface area contributed by atoms with Gasteiger partial charge in [0.2, 0.25) is 0 Å². The molecule has 0 aromatic carbocycles. The molecular weight excluding hydrogens is 376 g/mol. The van der Waals surface area contributed by atoms with Crippen molar-refractivity contribution in [2.45, 2.75) is 57.8 Å². The van der Waals surface area contributed by atoms with Gasteiger partial charge in [-0.1, -0.05) is 25.3 Å². The van der Waals surface area contributed by atoms with Gasteiger partial charge in [-0.3, -0.25) is 4.79 Å². The van der Waals surface area contributed by atoms with Crippen LogP contribution < -0.4 is 5.73 Å². The van der Waals surface area contributed by atoms with E-state index in [9.17, 15) is 4.79 Å². The van der Waals surface area contributed by atoms with Gasteiger partial charge in [0.1, 0.15) is 5.82 Å². The van der Waals surface area contributed by atoms with Crippen molar-refractivity contribution >= 4 is 22.8 Å². The Balaban J connectivity index is 1.44. The first kappa shape index (κ1) is 21.7. The van der Waals surface area contributed by atoms with Gasteiger partial charge >= 0.3 is 5.97 Å². The monoisotopic (exact) mass is 406 g/mol. The largest absolute Gasteiger partial charge is 0.466 e. The zero-order valence-corrected chi connectivity index (χ0v) is 17.6. The number of pyridine rings is 3. The number of carbonyl (C=O) groups excluding carboxylic acids is 1. The fourth-order valence-corrected chi connectivity index (χ4v) is 3.65. The van der Waals surface area contributed by atoms with Gasteiger partial charge in [0.25, 0.3) is 0 Å². The average Bonchev–Trinajstić information content (AvgIpc) is 2.76. The van der Waals surface area contributed by atoms with E-state index >= 15 is 0 Å². The molecular formula is C24H30N4O2. The number of rotatable bonds is 11. The minimum Gasteiger partial charge on any atom is -0.466 e. The predicted octanol–water partition coefficient (Wildman–Crippen LogP) is 4.84. The molecule has 0 fully saturated rings. The first-order valence-electron chi connectivity index (χ1n) is 10.7. The lowest BCUT2D eigenvalue weighted by molar-refractivity contribution is -0.143. The number of esters is 1. The number of nitrogen functional groups attached to an aromatic ring is 1. The van der Waals surface area contributed by atoms with E-state index in [0.29, 0.717) is 18.8 Å². The molecule has 3 aromatic heterocycles. The Hall–Kier alpha value is -3.02. The van der Waals surface area contributed by atoms with Gasteiger partial charge in [-0.2, -0.15) is 0 Å². The molecule has 0 amide bonds. The van der Waals surface area contributed by atoms with E-state index in [1.54, 1.807) is 18.5 Å². The number of aromatic nitrogens is 3. The predicted molar refractivity (Wildman–Crippen MR) is 119 cm³/mol. The van der Waals surface area contributed by atoms with Gasteiger partial charge in [-0.25, -0.2) is 15.0 Å². The van der Waals surface area contributed by atoms with Crippen LogP contribution in [0, 0.1) is 0 Å². The molecule has 3 aromatic rings. The summed E-state index contributed by atoms with van der Waals surface area (Å²) in [5.74, 6) is 0.451. The third kappa shape index (κ3) is 6.51. The molecule has 0 bridgehead atoms. The summed E-state index contributed by atoms with van der Waals surface area (Å²) in [5.41, 5.74) is 8.65. The molecule has 0 aliphatic carbocycles. The summed E-state index contributed by atoms with van der Waals surface area (Å²) in [6, 6.07) is 11.9. The minimum atomic E-state index is -0.157. The fraction of sp³-hybridized carbons (Fsp3) is 0.417. The molecule has 0 saturated heterocycles. The van der Waals surface area contributed by atoms with Crippen molar-refractivity contribution in [3.63, 3.8) is 0 Å². The lowest BCUT2D eigenvalue weighted by atomic mass is 9.91. The molecule has 6 nitrogen and oxygen atoms in total. The molecule has 158 valence electrons. The van der Waals surface area contributed by atoms with Crippen molar-refractivity contribution < 1.29 is 9.53 Å². The highest BCUT2D eigenvalue weighted by Crippen LogP contribution is 2.27. The molecule has 1 atom stereocenters. The van der Waals surface area contributed by atoms with Gasteiger partial charge in [0.15, 0.2) is 5.65 Å². The zero-order valence-electron chi connectivity index (χ0n) is 17.6. The van der Waals surface area contributed by atoms with Gasteiger partial charge in [0.05, 0.1) is 13.0 Å². The van der Waals surface area contributed by atoms with Crippen LogP contribution >= 0.6 is 0 Å². The van der Waals surface area contributed by atoms with Crippen molar-refractivity contribution in [2.24, 2.45) is 0 Å². The van der Waals surface area contributed by atoms with E-state index < -0.39 is 0 Å². The highest BCUT2D eigenvalue weighted by atomic mass is 16.5. The SMILES string of the molecule is CCOC(=O)CC(CCCCCCc1ccc2cccnc2n1)c1ccc(N)nc1. The van der Waals surface area contributed by atoms with Crippen LogP contribution in [0.25, 0.3) is 11.0 Å². The van der Waals surface area contributed by atoms with E-state index in [4.69, 9.17) is 10.5 Å². The third-order valence-electron chi connectivity index (χ3n) is 5.26. The third-order valence-corrected chi connectivity index (χ3v) is 5.26. The topological polar surface area (TPSA) is 91.0 Å². The van der Waals surface area contributed by atoms with E-state index in [-0.39, 0.29) is 11.9 Å². The van der Waals surface area contributed by atoms with Crippen LogP contribution in [0.15, 0.2) is 48.8 Å². The van der Waals surface area contributed by atoms with E-state index in [0.717, 1.165) is 60.8 Å². The second kappa shape index (κ2) is 11.2. The van der Waals surface area contributed by atoms with Crippen LogP contribution in [-0.2, 0) is 16.0 Å². The number of nitrogens with two attached hydrogens (primary N) is 1. The van der Waals surface area contributed by atoms with E-state index in [1.807, 2.05) is 25.1 Å². The number of aryl methyl sites for hydroxylation is 1. The molecule has 0 radical (unpaired) electrons. The van der Waals surface area contributed by atoms with Crippen LogP contribution in [0.3, 0.4) is 0 Å². The molecule has 0 saturated carbocycles. The summed E-state index contributed by atoms with van der Waals surface area (Å²) in [5, 5.41) is 1.08. The van der Waals surface area contributed by atoms with Crippen LogP contribution in [0.1, 0.15) is 62.6 Å². The molecule has 0 aliphatic rings. The molecule has 3 rings (SSSR count). The highest BCUT2D eigenvalue weighted by molar-refractivity contribution is 5.74. The first-order chi connectivity index (χ1) is 14.7. The Bertz CT molecular complexity index is 943. The Labute approximate surface area is 177 Å². The van der Waals surface area contributed by atoms with Gasteiger partial charge in [0, 0.05) is 23.5 Å². The second-order valence-electron chi connectivity index (χ2n) is 7.53. The molecule has 3 heterocycles. The van der Waals surface area contributed by atoms with Crippen LogP contribution in [0.2, 0.25) is 0 Å². The molecule has 0 aliphatic heterocycles. The standard InChI is InChI=1S/C24H30N4O2/c1-2-30-23(29)16-19(20-12-14-22(25)27-17-20)8-5-3-4-6-10-21-13-11-18-9-7-15-26-24(18)28-21/h7,9,11-15,17,19H,2-6,8,10,16H2,1H3,(H2,25,27). The molecule has 30 heavy (non-hydrogen) atoms. The maximum atomic E-state index is 12.0. The van der Waals surface area contributed by atoms with Crippen LogP contribution in [-0.4, -0.2) is 27.5 Å². The van der Waals surface area contributed by atoms with Crippen molar-refractivity contribution in [3.05, 3.63) is 60.0 Å². The lowest BCUT2D eigenvalue weighted by Gasteiger charge is -2.16. The first-order valence-corrected chi connectivity index (χ1v) is 10.7. The summed E-state index contributed by atoms with van der Waals surface area (Å²) in [6.07, 6.45) is 10.2. The average molecular weight is 407 g/mol. The molecule has 1 unspecified atom stereocenters. The zero-order chi connectivity index (χ0) is 21.2. The molecule has 0 spiro atoms. The highest BCUT2D eigenvalue weighted by Gasteiger charge is 2.17. The number of fused-ring (bicyclic) bond motifs is 1. The number of nitrogens with zero attached hydrogens (tertiary/aromatic N) is 3. The van der Waals surface area contributed by atoms with Crippen LogP contribution in [0.5, 0.6) is 0 Å².